The summed E-state index contributed by atoms with van der Waals surface area (Å²) in [5, 5.41) is 28.7. The summed E-state index contributed by atoms with van der Waals surface area (Å²) >= 11 is 0. The second-order valence-corrected chi connectivity index (χ2v) is 6.69. The van der Waals surface area contributed by atoms with E-state index in [0.717, 1.165) is 10.8 Å². The van der Waals surface area contributed by atoms with E-state index in [9.17, 15) is 14.7 Å². The number of carboxylic acids is 1. The van der Waals surface area contributed by atoms with Crippen molar-refractivity contribution in [1.82, 2.24) is 14.8 Å². The van der Waals surface area contributed by atoms with E-state index in [0.29, 0.717) is 16.7 Å². The van der Waals surface area contributed by atoms with Crippen LogP contribution < -0.4 is 0 Å². The zero-order valence-corrected chi connectivity index (χ0v) is 15.7. The van der Waals surface area contributed by atoms with Crippen molar-refractivity contribution >= 4 is 22.7 Å². The molecule has 0 aliphatic rings. The van der Waals surface area contributed by atoms with Gasteiger partial charge in [0.05, 0.1) is 11.1 Å². The van der Waals surface area contributed by atoms with E-state index in [1.54, 1.807) is 36.4 Å². The van der Waals surface area contributed by atoms with Crippen molar-refractivity contribution in [2.24, 2.45) is 0 Å². The maximum Gasteiger partial charge on any atom is 0.339 e. The van der Waals surface area contributed by atoms with Gasteiger partial charge in [0.1, 0.15) is 18.8 Å². The summed E-state index contributed by atoms with van der Waals surface area (Å²) in [7, 11) is 0. The minimum atomic E-state index is -1.02. The molecule has 4 rings (SSSR count). The minimum Gasteiger partial charge on any atom is -0.478 e. The zero-order chi connectivity index (χ0) is 21.1. The molecule has 150 valence electrons. The van der Waals surface area contributed by atoms with Crippen LogP contribution in [0, 0.1) is 0 Å². The highest BCUT2D eigenvalue weighted by Crippen LogP contribution is 2.26. The lowest BCUT2D eigenvalue weighted by Gasteiger charge is -2.13. The molecule has 0 amide bonds. The first-order valence-electron chi connectivity index (χ1n) is 9.06. The smallest absolute Gasteiger partial charge is 0.339 e. The van der Waals surface area contributed by atoms with E-state index in [1.165, 1.54) is 29.4 Å². The van der Waals surface area contributed by atoms with Gasteiger partial charge in [0.2, 0.25) is 0 Å². The molecule has 30 heavy (non-hydrogen) atoms. The molecule has 8 heteroatoms. The van der Waals surface area contributed by atoms with Crippen molar-refractivity contribution in [2.45, 2.75) is 12.8 Å². The molecule has 1 aromatic heterocycles. The number of carbonyl (C=O) groups excluding carboxylic acids is 1. The number of carboxylic acid groups (broad SMARTS) is 1. The van der Waals surface area contributed by atoms with Gasteiger partial charge in [-0.25, -0.2) is 9.59 Å². The van der Waals surface area contributed by atoms with Gasteiger partial charge in [-0.15, -0.1) is 10.2 Å². The molecule has 0 aliphatic heterocycles. The number of benzene rings is 3. The molecule has 0 saturated heterocycles. The third-order valence-electron chi connectivity index (χ3n) is 4.70. The first kappa shape index (κ1) is 19.3. The van der Waals surface area contributed by atoms with E-state index < -0.39 is 18.0 Å². The van der Waals surface area contributed by atoms with Crippen molar-refractivity contribution in [3.8, 4) is 0 Å². The van der Waals surface area contributed by atoms with Crippen LogP contribution in [0.25, 0.3) is 10.8 Å². The fraction of sp³-hybridized carbons (Fsp3) is 0.0909. The van der Waals surface area contributed by atoms with Gasteiger partial charge in [-0.05, 0) is 52.2 Å². The molecule has 1 unspecified atom stereocenters. The van der Waals surface area contributed by atoms with Crippen LogP contribution in [-0.2, 0) is 11.5 Å². The molecular formula is C22H17N3O5. The van der Waals surface area contributed by atoms with Crippen molar-refractivity contribution < 1.29 is 24.5 Å². The van der Waals surface area contributed by atoms with Crippen molar-refractivity contribution in [1.29, 1.82) is 0 Å². The Bertz CT molecular complexity index is 1200. The van der Waals surface area contributed by atoms with Gasteiger partial charge in [0.25, 0.3) is 0 Å². The lowest BCUT2D eigenvalue weighted by atomic mass is 9.97. The molecule has 0 aliphatic carbocycles. The molecule has 0 spiro atoms. The van der Waals surface area contributed by atoms with Crippen LogP contribution in [0.15, 0.2) is 73.3 Å². The average molecular weight is 403 g/mol. The highest BCUT2D eigenvalue weighted by Gasteiger charge is 2.14. The number of fused-ring (bicyclic) bond motifs is 1. The Morgan fingerprint density at radius 1 is 0.867 bits per heavy atom. The molecule has 1 heterocycles. The molecule has 0 bridgehead atoms. The number of nitrogens with zero attached hydrogens (tertiary/aromatic N) is 3. The molecule has 2 N–H and O–H groups in total. The molecular weight excluding hydrogens is 386 g/mol. The van der Waals surface area contributed by atoms with Crippen molar-refractivity contribution in [2.75, 3.05) is 0 Å². The van der Waals surface area contributed by atoms with E-state index in [-0.39, 0.29) is 12.3 Å². The Kier molecular flexibility index (Phi) is 5.23. The third-order valence-corrected chi connectivity index (χ3v) is 4.70. The lowest BCUT2D eigenvalue weighted by molar-refractivity contribution is 0.0371. The molecule has 3 aromatic carbocycles. The maximum atomic E-state index is 12.3. The quantitative estimate of drug-likeness (QED) is 0.476. The van der Waals surface area contributed by atoms with E-state index >= 15 is 0 Å². The van der Waals surface area contributed by atoms with Crippen LogP contribution >= 0.6 is 0 Å². The number of hydrogen-bond donors (Lipinski definition) is 2. The van der Waals surface area contributed by atoms with Gasteiger partial charge in [0.15, 0.2) is 6.73 Å². The van der Waals surface area contributed by atoms with Gasteiger partial charge >= 0.3 is 11.9 Å². The number of hydrogen-bond acceptors (Lipinski definition) is 6. The molecule has 0 radical (unpaired) electrons. The number of aromatic carboxylic acids is 1. The van der Waals surface area contributed by atoms with Gasteiger partial charge in [-0.2, -0.15) is 0 Å². The molecule has 1 atom stereocenters. The van der Waals surface area contributed by atoms with Gasteiger partial charge in [-0.1, -0.05) is 30.3 Å². The Morgan fingerprint density at radius 3 is 2.20 bits per heavy atom. The monoisotopic (exact) mass is 403 g/mol. The van der Waals surface area contributed by atoms with Gasteiger partial charge < -0.3 is 14.9 Å². The summed E-state index contributed by atoms with van der Waals surface area (Å²) < 4.78 is 6.78. The number of aliphatic hydroxyl groups excluding tert-OH is 1. The van der Waals surface area contributed by atoms with Crippen LogP contribution in [-0.4, -0.2) is 36.9 Å². The second-order valence-electron chi connectivity index (χ2n) is 6.69. The maximum absolute atomic E-state index is 12.3. The fourth-order valence-electron chi connectivity index (χ4n) is 3.07. The second kappa shape index (κ2) is 8.14. The summed E-state index contributed by atoms with van der Waals surface area (Å²) in [5.41, 5.74) is 1.73. The van der Waals surface area contributed by atoms with E-state index in [2.05, 4.69) is 10.2 Å². The molecule has 4 aromatic rings. The number of ether oxygens (including phenoxy) is 1. The van der Waals surface area contributed by atoms with Crippen LogP contribution in [0.4, 0.5) is 0 Å². The van der Waals surface area contributed by atoms with E-state index in [1.807, 2.05) is 12.1 Å². The van der Waals surface area contributed by atoms with E-state index in [4.69, 9.17) is 9.84 Å². The largest absolute Gasteiger partial charge is 0.478 e. The van der Waals surface area contributed by atoms with Crippen LogP contribution in [0.1, 0.15) is 37.9 Å². The number of esters is 1. The Hall–Kier alpha value is -4.04. The fourth-order valence-corrected chi connectivity index (χ4v) is 3.07. The average Bonchev–Trinajstić information content (AvgIpc) is 3.30. The van der Waals surface area contributed by atoms with Crippen LogP contribution in [0.5, 0.6) is 0 Å². The first-order valence-corrected chi connectivity index (χ1v) is 9.06. The summed E-state index contributed by atoms with van der Waals surface area (Å²) in [6.07, 6.45) is 1.97. The third kappa shape index (κ3) is 4.03. The Labute approximate surface area is 171 Å². The molecule has 0 saturated carbocycles. The van der Waals surface area contributed by atoms with Crippen LogP contribution in [0.3, 0.4) is 0 Å². The summed E-state index contributed by atoms with van der Waals surface area (Å²) in [6, 6.07) is 16.7. The number of carbonyl (C=O) groups is 2. The highest BCUT2D eigenvalue weighted by molar-refractivity contribution is 5.95. The number of aliphatic hydroxyl groups is 1. The van der Waals surface area contributed by atoms with Gasteiger partial charge in [0, 0.05) is 0 Å². The Morgan fingerprint density at radius 2 is 1.50 bits per heavy atom. The van der Waals surface area contributed by atoms with Gasteiger partial charge in [-0.3, -0.25) is 4.57 Å². The Balaban J connectivity index is 1.56. The normalized spacial score (nSPS) is 11.9. The minimum absolute atomic E-state index is 0.00889. The summed E-state index contributed by atoms with van der Waals surface area (Å²) in [5.74, 6) is -1.51. The standard InChI is InChI=1S/C22H17N3O5/c26-20(15-3-5-16(6-4-15)21(27)28)17-7-1-14-2-8-18(10-19(14)9-17)22(29)30-13-25-11-23-24-12-25/h1-12,20,26H,13H2,(H,27,28). The van der Waals surface area contributed by atoms with Crippen LogP contribution in [0.2, 0.25) is 0 Å². The zero-order valence-electron chi connectivity index (χ0n) is 15.7. The number of aromatic nitrogens is 3. The van der Waals surface area contributed by atoms with Crippen molar-refractivity contribution in [3.63, 3.8) is 0 Å². The topological polar surface area (TPSA) is 115 Å². The summed E-state index contributed by atoms with van der Waals surface area (Å²) in [6.45, 7) is 0.00889. The molecule has 8 nitrogen and oxygen atoms in total. The van der Waals surface area contributed by atoms with Crippen molar-refractivity contribution in [3.05, 3.63) is 95.6 Å². The number of rotatable bonds is 6. The lowest BCUT2D eigenvalue weighted by Crippen LogP contribution is -2.08. The SMILES string of the molecule is O=C(O)c1ccc(C(O)c2ccc3ccc(C(=O)OCn4cnnc4)cc3c2)cc1. The predicted octanol–water partition coefficient (Wildman–Crippen LogP) is 3.03. The first-order chi connectivity index (χ1) is 14.5. The summed E-state index contributed by atoms with van der Waals surface area (Å²) in [4.78, 5) is 23.3. The predicted molar refractivity (Wildman–Crippen MR) is 107 cm³/mol. The highest BCUT2D eigenvalue weighted by atomic mass is 16.5. The molecule has 0 fully saturated rings.